The number of fused-ring (bicyclic) bond motifs is 1. The van der Waals surface area contributed by atoms with Gasteiger partial charge in [0.1, 0.15) is 5.82 Å². The molecule has 4 nitrogen and oxygen atoms in total. The zero-order valence-electron chi connectivity index (χ0n) is 12.6. The summed E-state index contributed by atoms with van der Waals surface area (Å²) in [6, 6.07) is 10.3. The van der Waals surface area contributed by atoms with Crippen LogP contribution < -0.4 is 10.2 Å². The van der Waals surface area contributed by atoms with Crippen LogP contribution in [0, 0.1) is 11.6 Å². The molecular weight excluding hydrogens is 334 g/mol. The van der Waals surface area contributed by atoms with E-state index in [4.69, 9.17) is 4.74 Å². The summed E-state index contributed by atoms with van der Waals surface area (Å²) in [4.78, 5) is 12.7. The first kappa shape index (κ1) is 16.4. The van der Waals surface area contributed by atoms with Crippen molar-refractivity contribution in [3.8, 4) is 5.75 Å². The molecule has 0 radical (unpaired) electrons. The fraction of sp³-hybridized carbons (Fsp3) is 0.176. The minimum atomic E-state index is -0.537. The molecule has 24 heavy (non-hydrogen) atoms. The molecule has 0 atom stereocenters. The summed E-state index contributed by atoms with van der Waals surface area (Å²) in [6.45, 7) is -0.359. The lowest BCUT2D eigenvalue weighted by Gasteiger charge is -2.17. The number of para-hydroxylation sites is 1. The molecule has 1 aliphatic heterocycles. The first-order valence-electron chi connectivity index (χ1n) is 7.29. The van der Waals surface area contributed by atoms with Crippen LogP contribution in [0.15, 0.2) is 52.5 Å². The Bertz CT molecular complexity index is 796. The van der Waals surface area contributed by atoms with Crippen molar-refractivity contribution in [2.75, 3.05) is 12.4 Å². The number of nitrogens with zero attached hydrogens (tertiary/aromatic N) is 1. The Labute approximate surface area is 141 Å². The molecule has 0 saturated heterocycles. The maximum absolute atomic E-state index is 13.4. The number of hydrogen-bond acceptors (Lipinski definition) is 4. The van der Waals surface area contributed by atoms with Gasteiger partial charge in [-0.25, -0.2) is 14.2 Å². The Balaban J connectivity index is 1.63. The number of carbonyl (C=O) groups excluding carboxylic acids is 1. The maximum Gasteiger partial charge on any atom is 0.277 e. The quantitative estimate of drug-likeness (QED) is 0.862. The van der Waals surface area contributed by atoms with Crippen molar-refractivity contribution in [1.82, 2.24) is 5.43 Å². The van der Waals surface area contributed by atoms with Gasteiger partial charge in [0.15, 0.2) is 18.2 Å². The number of benzene rings is 2. The van der Waals surface area contributed by atoms with Crippen LogP contribution in [0.2, 0.25) is 0 Å². The summed E-state index contributed by atoms with van der Waals surface area (Å²) < 4.78 is 31.9. The number of ether oxygens (including phenoxy) is 1. The fourth-order valence-corrected chi connectivity index (χ4v) is 3.24. The van der Waals surface area contributed by atoms with E-state index < -0.39 is 11.7 Å². The van der Waals surface area contributed by atoms with Crippen LogP contribution in [0.5, 0.6) is 5.75 Å². The Morgan fingerprint density at radius 1 is 1.25 bits per heavy atom. The van der Waals surface area contributed by atoms with Crippen molar-refractivity contribution in [3.63, 3.8) is 0 Å². The Morgan fingerprint density at radius 2 is 2.08 bits per heavy atom. The summed E-state index contributed by atoms with van der Waals surface area (Å²) in [5.74, 6) is -0.591. The van der Waals surface area contributed by atoms with Gasteiger partial charge in [0.2, 0.25) is 0 Å². The van der Waals surface area contributed by atoms with Gasteiger partial charge in [0.25, 0.3) is 5.91 Å². The molecule has 2 aromatic carbocycles. The summed E-state index contributed by atoms with van der Waals surface area (Å²) in [5, 5.41) is 4.06. The molecule has 0 aromatic heterocycles. The minimum Gasteiger partial charge on any atom is -0.481 e. The lowest BCUT2D eigenvalue weighted by molar-refractivity contribution is -0.123. The van der Waals surface area contributed by atoms with Crippen LogP contribution in [0.4, 0.5) is 8.78 Å². The van der Waals surface area contributed by atoms with Crippen molar-refractivity contribution in [3.05, 3.63) is 59.7 Å². The van der Waals surface area contributed by atoms with Gasteiger partial charge >= 0.3 is 0 Å². The molecule has 0 unspecified atom stereocenters. The summed E-state index contributed by atoms with van der Waals surface area (Å²) >= 11 is 1.62. The number of nitrogens with one attached hydrogen (secondary N) is 1. The summed E-state index contributed by atoms with van der Waals surface area (Å²) in [6.07, 6.45) is 0.621. The number of amides is 1. The van der Waals surface area contributed by atoms with Crippen molar-refractivity contribution in [2.45, 2.75) is 11.3 Å². The Hall–Kier alpha value is -2.41. The number of halogens is 2. The van der Waals surface area contributed by atoms with Gasteiger partial charge in [0, 0.05) is 22.6 Å². The zero-order chi connectivity index (χ0) is 16.9. The molecule has 1 N–H and O–H groups in total. The predicted octanol–water partition coefficient (Wildman–Crippen LogP) is 3.36. The standard InChI is InChI=1S/C17H14F2N2O2S/c18-11-5-6-16-12(9-11)14(7-8-24-16)20-21-17(22)10-23-15-4-2-1-3-13(15)19/h1-6,9H,7-8,10H2,(H,21,22). The van der Waals surface area contributed by atoms with Crippen molar-refractivity contribution in [1.29, 1.82) is 0 Å². The SMILES string of the molecule is O=C(COc1ccccc1F)NN=C1CCSc2ccc(F)cc21. The second kappa shape index (κ2) is 7.44. The fourth-order valence-electron chi connectivity index (χ4n) is 2.23. The second-order valence-corrected chi connectivity index (χ2v) is 6.19. The van der Waals surface area contributed by atoms with Crippen molar-refractivity contribution >= 4 is 23.4 Å². The van der Waals surface area contributed by atoms with Crippen LogP contribution >= 0.6 is 11.8 Å². The van der Waals surface area contributed by atoms with Gasteiger partial charge in [-0.05, 0) is 30.3 Å². The van der Waals surface area contributed by atoms with Gasteiger partial charge in [0.05, 0.1) is 5.71 Å². The molecular formula is C17H14F2N2O2S. The number of hydrogen-bond donors (Lipinski definition) is 1. The third-order valence-corrected chi connectivity index (χ3v) is 4.44. The Morgan fingerprint density at radius 3 is 2.92 bits per heavy atom. The van der Waals surface area contributed by atoms with Gasteiger partial charge in [-0.1, -0.05) is 12.1 Å². The number of thioether (sulfide) groups is 1. The van der Waals surface area contributed by atoms with E-state index in [1.54, 1.807) is 23.9 Å². The van der Waals surface area contributed by atoms with Crippen molar-refractivity contribution in [2.24, 2.45) is 5.10 Å². The van der Waals surface area contributed by atoms with Crippen LogP contribution in [0.1, 0.15) is 12.0 Å². The van der Waals surface area contributed by atoms with Crippen LogP contribution in [-0.4, -0.2) is 24.0 Å². The highest BCUT2D eigenvalue weighted by Crippen LogP contribution is 2.30. The summed E-state index contributed by atoms with van der Waals surface area (Å²) in [7, 11) is 0. The Kier molecular flexibility index (Phi) is 5.10. The normalized spacial score (nSPS) is 15.0. The first-order valence-corrected chi connectivity index (χ1v) is 8.27. The lowest BCUT2D eigenvalue weighted by atomic mass is 10.1. The molecule has 0 fully saturated rings. The average Bonchev–Trinajstić information content (AvgIpc) is 2.59. The van der Waals surface area contributed by atoms with E-state index in [2.05, 4.69) is 10.5 Å². The van der Waals surface area contributed by atoms with E-state index in [0.29, 0.717) is 17.7 Å². The largest absolute Gasteiger partial charge is 0.481 e. The van der Waals surface area contributed by atoms with E-state index in [1.807, 2.05) is 0 Å². The minimum absolute atomic E-state index is 0.00165. The molecule has 0 spiro atoms. The molecule has 2 aromatic rings. The van der Waals surface area contributed by atoms with Crippen LogP contribution in [0.25, 0.3) is 0 Å². The predicted molar refractivity (Wildman–Crippen MR) is 88.3 cm³/mol. The molecule has 7 heteroatoms. The van der Waals surface area contributed by atoms with Gasteiger partial charge in [-0.15, -0.1) is 11.8 Å². The first-order chi connectivity index (χ1) is 11.6. The zero-order valence-corrected chi connectivity index (χ0v) is 13.4. The lowest BCUT2D eigenvalue weighted by Crippen LogP contribution is -2.27. The molecule has 1 heterocycles. The van der Waals surface area contributed by atoms with E-state index in [-0.39, 0.29) is 18.2 Å². The third-order valence-electron chi connectivity index (χ3n) is 3.36. The molecule has 1 amide bonds. The molecule has 0 saturated carbocycles. The third kappa shape index (κ3) is 3.91. The molecule has 1 aliphatic rings. The van der Waals surface area contributed by atoms with E-state index in [0.717, 1.165) is 10.6 Å². The van der Waals surface area contributed by atoms with E-state index in [1.165, 1.54) is 30.3 Å². The van der Waals surface area contributed by atoms with Crippen LogP contribution in [-0.2, 0) is 4.79 Å². The molecule has 124 valence electrons. The van der Waals surface area contributed by atoms with Gasteiger partial charge in [-0.2, -0.15) is 5.10 Å². The van der Waals surface area contributed by atoms with Gasteiger partial charge < -0.3 is 4.74 Å². The highest BCUT2D eigenvalue weighted by molar-refractivity contribution is 7.99. The van der Waals surface area contributed by atoms with Crippen LogP contribution in [0.3, 0.4) is 0 Å². The van der Waals surface area contributed by atoms with Gasteiger partial charge in [-0.3, -0.25) is 4.79 Å². The number of carbonyl (C=O) groups is 1. The highest BCUT2D eigenvalue weighted by Gasteiger charge is 2.17. The average molecular weight is 348 g/mol. The monoisotopic (exact) mass is 348 g/mol. The highest BCUT2D eigenvalue weighted by atomic mass is 32.2. The number of hydrazone groups is 1. The number of rotatable bonds is 4. The van der Waals surface area contributed by atoms with Crippen molar-refractivity contribution < 1.29 is 18.3 Å². The molecule has 3 rings (SSSR count). The molecule has 0 bridgehead atoms. The second-order valence-electron chi connectivity index (χ2n) is 5.05. The molecule has 0 aliphatic carbocycles. The topological polar surface area (TPSA) is 50.7 Å². The van der Waals surface area contributed by atoms with E-state index in [9.17, 15) is 13.6 Å². The summed E-state index contributed by atoms with van der Waals surface area (Å²) in [5.41, 5.74) is 3.67. The smallest absolute Gasteiger partial charge is 0.277 e. The van der Waals surface area contributed by atoms with E-state index >= 15 is 0 Å². The maximum atomic E-state index is 13.4.